The van der Waals surface area contributed by atoms with Gasteiger partial charge < -0.3 is 10.6 Å². The summed E-state index contributed by atoms with van der Waals surface area (Å²) < 4.78 is 0. The topological polar surface area (TPSA) is 24.1 Å². The van der Waals surface area contributed by atoms with Crippen molar-refractivity contribution in [3.8, 4) is 0 Å². The number of hydrogen-bond acceptors (Lipinski definition) is 2. The quantitative estimate of drug-likeness (QED) is 0.340. The van der Waals surface area contributed by atoms with Crippen LogP contribution in [0.3, 0.4) is 0 Å². The molecule has 0 saturated heterocycles. The zero-order valence-corrected chi connectivity index (χ0v) is 16.7. The van der Waals surface area contributed by atoms with Gasteiger partial charge in [-0.2, -0.15) is 0 Å². The second kappa shape index (κ2) is 10.4. The van der Waals surface area contributed by atoms with Gasteiger partial charge in [0.25, 0.3) is 0 Å². The maximum absolute atomic E-state index is 5.41. The molecule has 0 bridgehead atoms. The first-order chi connectivity index (χ1) is 12.8. The number of nitrogens with one attached hydrogen (secondary N) is 2. The Labute approximate surface area is 166 Å². The highest BCUT2D eigenvalue weighted by molar-refractivity contribution is 7.98. The van der Waals surface area contributed by atoms with Gasteiger partial charge in [-0.3, -0.25) is 0 Å². The van der Waals surface area contributed by atoms with Crippen molar-refractivity contribution < 1.29 is 0 Å². The van der Waals surface area contributed by atoms with Gasteiger partial charge in [-0.15, -0.1) is 11.8 Å². The largest absolute Gasteiger partial charge is 0.362 e. The Morgan fingerprint density at radius 2 is 1.81 bits per heavy atom. The monoisotopic (exact) mass is 382 g/mol. The van der Waals surface area contributed by atoms with Crippen molar-refractivity contribution in [3.63, 3.8) is 0 Å². The highest BCUT2D eigenvalue weighted by Crippen LogP contribution is 2.23. The van der Waals surface area contributed by atoms with E-state index >= 15 is 0 Å². The Kier molecular flexibility index (Phi) is 7.59. The van der Waals surface area contributed by atoms with Crippen molar-refractivity contribution in [2.45, 2.75) is 42.8 Å². The molecule has 0 aromatic heterocycles. The first kappa shape index (κ1) is 19.0. The van der Waals surface area contributed by atoms with Crippen LogP contribution in [0.25, 0.3) is 0 Å². The van der Waals surface area contributed by atoms with Gasteiger partial charge in [0, 0.05) is 22.9 Å². The molecule has 0 radical (unpaired) electrons. The fourth-order valence-corrected chi connectivity index (χ4v) is 4.11. The first-order valence-corrected chi connectivity index (χ1v) is 10.7. The molecule has 0 aliphatic heterocycles. The number of thioether (sulfide) groups is 1. The van der Waals surface area contributed by atoms with Crippen molar-refractivity contribution in [1.82, 2.24) is 5.32 Å². The third kappa shape index (κ3) is 6.50. The molecule has 0 atom stereocenters. The average molecular weight is 383 g/mol. The van der Waals surface area contributed by atoms with E-state index in [0.717, 1.165) is 24.4 Å². The molecule has 136 valence electrons. The van der Waals surface area contributed by atoms with E-state index in [1.165, 1.54) is 36.1 Å². The summed E-state index contributed by atoms with van der Waals surface area (Å²) in [6.45, 7) is 0.906. The minimum atomic E-state index is 0.702. The van der Waals surface area contributed by atoms with E-state index in [1.54, 1.807) is 5.57 Å². The van der Waals surface area contributed by atoms with Crippen LogP contribution >= 0.6 is 24.0 Å². The summed E-state index contributed by atoms with van der Waals surface area (Å²) in [6, 6.07) is 19.0. The Morgan fingerprint density at radius 1 is 1.00 bits per heavy atom. The number of thiocarbonyl (C=S) groups is 1. The van der Waals surface area contributed by atoms with Crippen LogP contribution in [-0.4, -0.2) is 11.7 Å². The third-order valence-electron chi connectivity index (χ3n) is 4.48. The van der Waals surface area contributed by atoms with Gasteiger partial charge in [-0.05, 0) is 74.2 Å². The minimum absolute atomic E-state index is 0.702. The summed E-state index contributed by atoms with van der Waals surface area (Å²) in [5, 5.41) is 7.29. The molecule has 0 amide bonds. The molecule has 3 rings (SSSR count). The van der Waals surface area contributed by atoms with E-state index in [-0.39, 0.29) is 0 Å². The predicted octanol–water partition coefficient (Wildman–Crippen LogP) is 6.16. The lowest BCUT2D eigenvalue weighted by Gasteiger charge is -2.14. The fraction of sp³-hybridized carbons (Fsp3) is 0.318. The van der Waals surface area contributed by atoms with Crippen molar-refractivity contribution in [2.75, 3.05) is 11.9 Å². The number of anilines is 1. The maximum atomic E-state index is 5.41. The molecule has 1 aliphatic carbocycles. The summed E-state index contributed by atoms with van der Waals surface area (Å²) in [6.07, 6.45) is 8.67. The fourth-order valence-electron chi connectivity index (χ4n) is 3.01. The van der Waals surface area contributed by atoms with Crippen molar-refractivity contribution in [3.05, 3.63) is 71.8 Å². The van der Waals surface area contributed by atoms with Gasteiger partial charge in [0.15, 0.2) is 5.11 Å². The Balaban J connectivity index is 1.39. The third-order valence-corrected chi connectivity index (χ3v) is 5.81. The second-order valence-electron chi connectivity index (χ2n) is 6.54. The number of allylic oxidation sites excluding steroid dienone is 1. The molecule has 4 heteroatoms. The summed E-state index contributed by atoms with van der Waals surface area (Å²) in [5.74, 6) is 0.974. The summed E-state index contributed by atoms with van der Waals surface area (Å²) in [5.41, 5.74) is 3.92. The number of benzene rings is 2. The van der Waals surface area contributed by atoms with E-state index < -0.39 is 0 Å². The van der Waals surface area contributed by atoms with Crippen molar-refractivity contribution in [1.29, 1.82) is 0 Å². The molecule has 2 nitrogen and oxygen atoms in total. The molecule has 2 aromatic rings. The summed E-state index contributed by atoms with van der Waals surface area (Å²) >= 11 is 7.26. The summed E-state index contributed by atoms with van der Waals surface area (Å²) in [7, 11) is 0. The van der Waals surface area contributed by atoms with Gasteiger partial charge in [0.2, 0.25) is 0 Å². The number of rotatable bonds is 7. The van der Waals surface area contributed by atoms with E-state index in [9.17, 15) is 0 Å². The SMILES string of the molecule is S=C(NCCC1=CCCCC1)Nc1ccc(CSc2ccccc2)cc1. The van der Waals surface area contributed by atoms with E-state index in [2.05, 4.69) is 65.2 Å². The smallest absolute Gasteiger partial charge is 0.170 e. The molecule has 0 unspecified atom stereocenters. The van der Waals surface area contributed by atoms with Gasteiger partial charge >= 0.3 is 0 Å². The Hall–Kier alpha value is -1.78. The average Bonchev–Trinajstić information content (AvgIpc) is 2.69. The Morgan fingerprint density at radius 3 is 2.54 bits per heavy atom. The van der Waals surface area contributed by atoms with Gasteiger partial charge in [0.05, 0.1) is 0 Å². The zero-order valence-electron chi connectivity index (χ0n) is 15.0. The first-order valence-electron chi connectivity index (χ1n) is 9.29. The molecular weight excluding hydrogens is 356 g/mol. The summed E-state index contributed by atoms with van der Waals surface area (Å²) in [4.78, 5) is 1.30. The van der Waals surface area contributed by atoms with Crippen LogP contribution < -0.4 is 10.6 Å². The predicted molar refractivity (Wildman–Crippen MR) is 118 cm³/mol. The molecule has 1 aliphatic rings. The molecule has 26 heavy (non-hydrogen) atoms. The Bertz CT molecular complexity index is 724. The molecular formula is C22H26N2S2. The zero-order chi connectivity index (χ0) is 18.0. The molecule has 0 fully saturated rings. The normalized spacial score (nSPS) is 13.8. The van der Waals surface area contributed by atoms with Crippen LogP contribution in [0.15, 0.2) is 71.1 Å². The number of hydrogen-bond donors (Lipinski definition) is 2. The minimum Gasteiger partial charge on any atom is -0.362 e. The lowest BCUT2D eigenvalue weighted by Crippen LogP contribution is -2.29. The highest BCUT2D eigenvalue weighted by Gasteiger charge is 2.04. The van der Waals surface area contributed by atoms with E-state index in [0.29, 0.717) is 5.11 Å². The molecule has 0 saturated carbocycles. The van der Waals surface area contributed by atoms with Gasteiger partial charge in [-0.25, -0.2) is 0 Å². The molecule has 0 spiro atoms. The van der Waals surface area contributed by atoms with E-state index in [4.69, 9.17) is 12.2 Å². The standard InChI is InChI=1S/C22H26N2S2/c25-22(23-16-15-18-7-3-1-4-8-18)24-20-13-11-19(12-14-20)17-26-21-9-5-2-6-10-21/h2,5-7,9-14H,1,3-4,8,15-17H2,(H2,23,24,25). The van der Waals surface area contributed by atoms with Crippen LogP contribution in [0.2, 0.25) is 0 Å². The lowest BCUT2D eigenvalue weighted by molar-refractivity contribution is 0.669. The molecule has 0 heterocycles. The molecule has 2 N–H and O–H groups in total. The molecule has 2 aromatic carbocycles. The van der Waals surface area contributed by atoms with Gasteiger partial charge in [0.1, 0.15) is 0 Å². The van der Waals surface area contributed by atoms with E-state index in [1.807, 2.05) is 17.8 Å². The van der Waals surface area contributed by atoms with Crippen LogP contribution in [0, 0.1) is 0 Å². The maximum Gasteiger partial charge on any atom is 0.170 e. The lowest BCUT2D eigenvalue weighted by atomic mass is 9.97. The highest BCUT2D eigenvalue weighted by atomic mass is 32.2. The van der Waals surface area contributed by atoms with Crippen LogP contribution in [0.5, 0.6) is 0 Å². The van der Waals surface area contributed by atoms with Crippen molar-refractivity contribution in [2.24, 2.45) is 0 Å². The van der Waals surface area contributed by atoms with Gasteiger partial charge in [-0.1, -0.05) is 42.0 Å². The van der Waals surface area contributed by atoms with Crippen molar-refractivity contribution >= 4 is 34.8 Å². The van der Waals surface area contributed by atoms with Crippen LogP contribution in [0.1, 0.15) is 37.7 Å². The van der Waals surface area contributed by atoms with Crippen LogP contribution in [-0.2, 0) is 5.75 Å². The van der Waals surface area contributed by atoms with Crippen LogP contribution in [0.4, 0.5) is 5.69 Å². The second-order valence-corrected chi connectivity index (χ2v) is 7.99.